The topological polar surface area (TPSA) is 102 Å². The highest BCUT2D eigenvalue weighted by molar-refractivity contribution is 6.32. The first-order valence-electron chi connectivity index (χ1n) is 13.2. The second kappa shape index (κ2) is 10.9. The van der Waals surface area contributed by atoms with Gasteiger partial charge in [0.15, 0.2) is 5.82 Å². The molecule has 8 nitrogen and oxygen atoms in total. The summed E-state index contributed by atoms with van der Waals surface area (Å²) in [4.78, 5) is 23.8. The summed E-state index contributed by atoms with van der Waals surface area (Å²) in [5.74, 6) is 1.52. The van der Waals surface area contributed by atoms with Gasteiger partial charge >= 0.3 is 0 Å². The number of fused-ring (bicyclic) bond motifs is 1. The molecule has 3 aromatic rings. The third-order valence-electron chi connectivity index (χ3n) is 7.75. The van der Waals surface area contributed by atoms with Crippen LogP contribution in [0.15, 0.2) is 42.6 Å². The highest BCUT2D eigenvalue weighted by Gasteiger charge is 2.39. The fourth-order valence-electron chi connectivity index (χ4n) is 5.54. The van der Waals surface area contributed by atoms with Gasteiger partial charge in [-0.3, -0.25) is 4.79 Å². The molecule has 1 saturated heterocycles. The molecule has 1 fully saturated rings. The predicted molar refractivity (Wildman–Crippen MR) is 152 cm³/mol. The van der Waals surface area contributed by atoms with Crippen LogP contribution in [-0.4, -0.2) is 52.1 Å². The van der Waals surface area contributed by atoms with E-state index in [0.29, 0.717) is 29.3 Å². The van der Waals surface area contributed by atoms with Gasteiger partial charge in [-0.2, -0.15) is 4.98 Å². The van der Waals surface area contributed by atoms with E-state index >= 15 is 0 Å². The van der Waals surface area contributed by atoms with Gasteiger partial charge in [0, 0.05) is 24.5 Å². The van der Waals surface area contributed by atoms with Gasteiger partial charge in [0.05, 0.1) is 18.2 Å². The Hall–Kier alpha value is -3.20. The molecular formula is C29H35ClN6O2. The molecule has 5 rings (SSSR count). The number of aliphatic hydroxyl groups excluding tert-OH is 1. The minimum Gasteiger partial charge on any atom is -0.395 e. The van der Waals surface area contributed by atoms with E-state index in [-0.39, 0.29) is 12.5 Å². The van der Waals surface area contributed by atoms with Crippen molar-refractivity contribution in [2.75, 3.05) is 42.2 Å². The van der Waals surface area contributed by atoms with E-state index in [9.17, 15) is 9.90 Å². The average Bonchev–Trinajstić information content (AvgIpc) is 3.14. The van der Waals surface area contributed by atoms with Crippen molar-refractivity contribution in [2.45, 2.75) is 51.5 Å². The monoisotopic (exact) mass is 534 g/mol. The number of carbonyl (C=O) groups is 1. The number of piperidine rings is 1. The largest absolute Gasteiger partial charge is 0.395 e. The van der Waals surface area contributed by atoms with E-state index in [1.54, 1.807) is 6.20 Å². The lowest BCUT2D eigenvalue weighted by Crippen LogP contribution is -2.34. The molecule has 200 valence electrons. The zero-order chi connectivity index (χ0) is 26.9. The number of β-amino-alcohol motifs (C(OH)–C–C–N with tert-alkyl or cyclic N) is 1. The number of benzene rings is 2. The molecule has 0 atom stereocenters. The Bertz CT molecular complexity index is 1340. The summed E-state index contributed by atoms with van der Waals surface area (Å²) in [5.41, 5.74) is 5.70. The number of aryl methyl sites for hydroxylation is 1. The van der Waals surface area contributed by atoms with Crippen LogP contribution in [0, 0.1) is 6.92 Å². The lowest BCUT2D eigenvalue weighted by molar-refractivity contribution is -0.119. The number of nitrogens with one attached hydrogen (secondary N) is 3. The average molecular weight is 535 g/mol. The molecular weight excluding hydrogens is 500 g/mol. The van der Waals surface area contributed by atoms with E-state index in [1.807, 2.05) is 32.0 Å². The van der Waals surface area contributed by atoms with Gasteiger partial charge in [-0.05, 0) is 87.0 Å². The summed E-state index contributed by atoms with van der Waals surface area (Å²) < 4.78 is 0. The molecule has 4 N–H and O–H groups in total. The van der Waals surface area contributed by atoms with Gasteiger partial charge in [-0.25, -0.2) is 4.98 Å². The molecule has 0 saturated carbocycles. The van der Waals surface area contributed by atoms with Crippen molar-refractivity contribution in [1.82, 2.24) is 14.9 Å². The molecule has 2 aliphatic heterocycles. The van der Waals surface area contributed by atoms with Gasteiger partial charge in [0.1, 0.15) is 5.02 Å². The lowest BCUT2D eigenvalue weighted by Gasteiger charge is -2.32. The number of halogens is 1. The fraction of sp³-hybridized carbons (Fsp3) is 0.414. The van der Waals surface area contributed by atoms with Crippen molar-refractivity contribution in [1.29, 1.82) is 0 Å². The minimum absolute atomic E-state index is 0.0000459. The van der Waals surface area contributed by atoms with Gasteiger partial charge in [0.2, 0.25) is 11.9 Å². The van der Waals surface area contributed by atoms with Crippen LogP contribution < -0.4 is 16.0 Å². The first-order chi connectivity index (χ1) is 18.3. The molecule has 1 aromatic heterocycles. The molecule has 0 unspecified atom stereocenters. The van der Waals surface area contributed by atoms with Crippen molar-refractivity contribution in [2.24, 2.45) is 0 Å². The Morgan fingerprint density at radius 2 is 2.00 bits per heavy atom. The molecule has 2 aromatic carbocycles. The third kappa shape index (κ3) is 5.34. The second-order valence-corrected chi connectivity index (χ2v) is 11.1. The van der Waals surface area contributed by atoms with Gasteiger partial charge in [-0.1, -0.05) is 35.9 Å². The molecule has 0 spiro atoms. The van der Waals surface area contributed by atoms with Crippen molar-refractivity contribution < 1.29 is 9.90 Å². The van der Waals surface area contributed by atoms with Crippen LogP contribution >= 0.6 is 11.6 Å². The molecule has 9 heteroatoms. The first kappa shape index (κ1) is 26.4. The number of hydrogen-bond donors (Lipinski definition) is 4. The van der Waals surface area contributed by atoms with Crippen LogP contribution in [0.5, 0.6) is 0 Å². The summed E-state index contributed by atoms with van der Waals surface area (Å²) in [6, 6.07) is 12.4. The number of aliphatic hydroxyl groups is 1. The smallest absolute Gasteiger partial charge is 0.234 e. The normalized spacial score (nSPS) is 17.2. The Morgan fingerprint density at radius 3 is 2.74 bits per heavy atom. The van der Waals surface area contributed by atoms with E-state index in [4.69, 9.17) is 11.6 Å². The Kier molecular flexibility index (Phi) is 7.56. The van der Waals surface area contributed by atoms with Crippen LogP contribution in [0.25, 0.3) is 0 Å². The number of nitrogens with zero attached hydrogens (tertiary/aromatic N) is 3. The maximum absolute atomic E-state index is 12.4. The van der Waals surface area contributed by atoms with Crippen LogP contribution in [0.4, 0.5) is 23.1 Å². The molecule has 0 aliphatic carbocycles. The molecule has 38 heavy (non-hydrogen) atoms. The van der Waals surface area contributed by atoms with Crippen LogP contribution in [0.3, 0.4) is 0 Å². The van der Waals surface area contributed by atoms with Crippen LogP contribution in [0.1, 0.15) is 54.9 Å². The standard InChI is InChI=1S/C29H35ClN6O2/c1-18-15-20(19-9-11-36(12-10-19)13-14-37)7-8-23(18)34-28-32-17-22(30)26(35-28)31-16-21-5-4-6-24-25(21)29(2,3)27(38)33-24/h4-8,15,17,19,37H,9-14,16H2,1-3H3,(H,33,38)(H2,31,32,34,35). The van der Waals surface area contributed by atoms with Gasteiger partial charge in [-0.15, -0.1) is 0 Å². The van der Waals surface area contributed by atoms with E-state index in [0.717, 1.165) is 60.5 Å². The van der Waals surface area contributed by atoms with E-state index in [1.165, 1.54) is 5.56 Å². The van der Waals surface area contributed by atoms with Crippen molar-refractivity contribution in [3.63, 3.8) is 0 Å². The molecule has 0 bridgehead atoms. The molecule has 3 heterocycles. The zero-order valence-corrected chi connectivity index (χ0v) is 22.9. The third-order valence-corrected chi connectivity index (χ3v) is 8.03. The summed E-state index contributed by atoms with van der Waals surface area (Å²) in [6.45, 7) is 9.46. The number of anilines is 4. The number of aromatic nitrogens is 2. The zero-order valence-electron chi connectivity index (χ0n) is 22.1. The number of carbonyl (C=O) groups excluding carboxylic acids is 1. The summed E-state index contributed by atoms with van der Waals surface area (Å²) in [7, 11) is 0. The number of amides is 1. The van der Waals surface area contributed by atoms with E-state index in [2.05, 4.69) is 55.9 Å². The summed E-state index contributed by atoms with van der Waals surface area (Å²) >= 11 is 6.43. The molecule has 0 radical (unpaired) electrons. The highest BCUT2D eigenvalue weighted by Crippen LogP contribution is 2.40. The minimum atomic E-state index is -0.601. The van der Waals surface area contributed by atoms with Crippen molar-refractivity contribution in [3.8, 4) is 0 Å². The lowest BCUT2D eigenvalue weighted by atomic mass is 9.83. The maximum atomic E-state index is 12.4. The Labute approximate surface area is 228 Å². The van der Waals surface area contributed by atoms with Crippen molar-refractivity contribution in [3.05, 3.63) is 69.9 Å². The molecule has 1 amide bonds. The summed E-state index contributed by atoms with van der Waals surface area (Å²) in [5, 5.41) is 19.3. The quantitative estimate of drug-likeness (QED) is 0.315. The van der Waals surface area contributed by atoms with E-state index < -0.39 is 5.41 Å². The number of likely N-dealkylation sites (tertiary alicyclic amines) is 1. The molecule has 2 aliphatic rings. The van der Waals surface area contributed by atoms with Gasteiger partial charge in [0.25, 0.3) is 0 Å². The second-order valence-electron chi connectivity index (χ2n) is 10.7. The SMILES string of the molecule is Cc1cc(C2CCN(CCO)CC2)ccc1Nc1ncc(Cl)c(NCc2cccc3c2C(C)(C)C(=O)N3)n1. The number of hydrogen-bond acceptors (Lipinski definition) is 7. The fourth-order valence-corrected chi connectivity index (χ4v) is 5.70. The van der Waals surface area contributed by atoms with Crippen LogP contribution in [0.2, 0.25) is 5.02 Å². The van der Waals surface area contributed by atoms with Crippen LogP contribution in [-0.2, 0) is 16.8 Å². The first-order valence-corrected chi connectivity index (χ1v) is 13.5. The summed E-state index contributed by atoms with van der Waals surface area (Å²) in [6.07, 6.45) is 3.80. The Morgan fingerprint density at radius 1 is 1.21 bits per heavy atom. The predicted octanol–water partition coefficient (Wildman–Crippen LogP) is 5.20. The highest BCUT2D eigenvalue weighted by atomic mass is 35.5. The number of rotatable bonds is 8. The van der Waals surface area contributed by atoms with Crippen molar-refractivity contribution >= 4 is 40.6 Å². The Balaban J connectivity index is 1.27. The maximum Gasteiger partial charge on any atom is 0.234 e. The van der Waals surface area contributed by atoms with Gasteiger partial charge < -0.3 is 26.0 Å².